The van der Waals surface area contributed by atoms with Gasteiger partial charge in [-0.3, -0.25) is 9.78 Å². The SMILES string of the molecule is COc1c(-c2ccc3c(c2)CC=C3CNS(C)(=O)=O)cc(-c2cn(S(C)(=O)=O)c(=O)[nH]c2=O)cc1C(F)(F)F. The van der Waals surface area contributed by atoms with Crippen LogP contribution in [0.4, 0.5) is 13.2 Å². The van der Waals surface area contributed by atoms with Crippen LogP contribution in [-0.4, -0.2) is 52.0 Å². The molecule has 4 rings (SSSR count). The van der Waals surface area contributed by atoms with E-state index in [1.165, 1.54) is 12.1 Å². The number of ether oxygens (including phenoxy) is 1. The summed E-state index contributed by atoms with van der Waals surface area (Å²) in [6.07, 6.45) is -0.314. The fraction of sp³-hybridized carbons (Fsp3) is 0.250. The van der Waals surface area contributed by atoms with Gasteiger partial charge in [-0.05, 0) is 46.4 Å². The lowest BCUT2D eigenvalue weighted by atomic mass is 9.93. The number of aromatic nitrogens is 2. The zero-order valence-corrected chi connectivity index (χ0v) is 22.3. The van der Waals surface area contributed by atoms with Crippen molar-refractivity contribution in [2.75, 3.05) is 26.2 Å². The van der Waals surface area contributed by atoms with E-state index >= 15 is 0 Å². The molecule has 3 aromatic rings. The number of rotatable bonds is 7. The van der Waals surface area contributed by atoms with Crippen LogP contribution < -0.4 is 20.7 Å². The highest BCUT2D eigenvalue weighted by Crippen LogP contribution is 2.45. The van der Waals surface area contributed by atoms with E-state index in [4.69, 9.17) is 4.74 Å². The molecule has 0 unspecified atom stereocenters. The van der Waals surface area contributed by atoms with Crippen LogP contribution in [-0.2, 0) is 32.6 Å². The predicted molar refractivity (Wildman–Crippen MR) is 139 cm³/mol. The largest absolute Gasteiger partial charge is 0.495 e. The number of sulfonamides is 1. The fourth-order valence-corrected chi connectivity index (χ4v) is 5.36. The lowest BCUT2D eigenvalue weighted by Gasteiger charge is -2.19. The minimum absolute atomic E-state index is 0.0376. The van der Waals surface area contributed by atoms with Gasteiger partial charge in [-0.1, -0.05) is 24.3 Å². The molecule has 208 valence electrons. The van der Waals surface area contributed by atoms with Gasteiger partial charge in [0.15, 0.2) is 0 Å². The van der Waals surface area contributed by atoms with Crippen LogP contribution >= 0.6 is 0 Å². The maximum atomic E-state index is 14.1. The molecule has 1 aromatic heterocycles. The number of hydrogen-bond acceptors (Lipinski definition) is 7. The van der Waals surface area contributed by atoms with E-state index < -0.39 is 54.3 Å². The summed E-state index contributed by atoms with van der Waals surface area (Å²) in [6.45, 7) is 0.0427. The van der Waals surface area contributed by atoms with E-state index in [-0.39, 0.29) is 21.6 Å². The Balaban J connectivity index is 1.92. The molecular formula is C24H22F3N3O7S2. The monoisotopic (exact) mass is 585 g/mol. The van der Waals surface area contributed by atoms with Crippen molar-refractivity contribution in [1.29, 1.82) is 0 Å². The number of nitrogens with zero attached hydrogens (tertiary/aromatic N) is 1. The molecule has 39 heavy (non-hydrogen) atoms. The molecule has 0 aliphatic heterocycles. The molecule has 1 aliphatic carbocycles. The van der Waals surface area contributed by atoms with E-state index in [0.29, 0.717) is 36.1 Å². The highest BCUT2D eigenvalue weighted by molar-refractivity contribution is 7.89. The van der Waals surface area contributed by atoms with Gasteiger partial charge in [0.05, 0.1) is 30.7 Å². The Labute approximate surface area is 220 Å². The fourth-order valence-electron chi connectivity index (χ4n) is 4.30. The third-order valence-electron chi connectivity index (χ3n) is 6.03. The van der Waals surface area contributed by atoms with Crippen molar-refractivity contribution in [2.45, 2.75) is 12.6 Å². The Morgan fingerprint density at radius 3 is 2.28 bits per heavy atom. The number of fused-ring (bicyclic) bond motifs is 1. The van der Waals surface area contributed by atoms with Crippen LogP contribution in [0.15, 0.2) is 52.2 Å². The summed E-state index contributed by atoms with van der Waals surface area (Å²) >= 11 is 0. The molecule has 0 atom stereocenters. The number of nitrogens with one attached hydrogen (secondary N) is 2. The van der Waals surface area contributed by atoms with Gasteiger partial charge in [0.2, 0.25) is 20.0 Å². The molecule has 2 aromatic carbocycles. The second-order valence-corrected chi connectivity index (χ2v) is 12.6. The summed E-state index contributed by atoms with van der Waals surface area (Å²) in [5.41, 5.74) is -1.92. The van der Waals surface area contributed by atoms with E-state index in [0.717, 1.165) is 24.5 Å². The van der Waals surface area contributed by atoms with Gasteiger partial charge in [0, 0.05) is 18.3 Å². The van der Waals surface area contributed by atoms with Gasteiger partial charge in [-0.15, -0.1) is 0 Å². The standard InChI is InChI=1S/C24H22F3N3O7S2/c1-37-21-18(14-6-7-17-13(8-14)4-5-15(17)11-28-38(2,33)34)9-16(10-20(21)24(25,26)27)19-12-30(39(3,35)36)23(32)29-22(19)31/h5-10,12,28H,4,11H2,1-3H3,(H,29,31,32). The molecule has 0 amide bonds. The molecular weight excluding hydrogens is 563 g/mol. The summed E-state index contributed by atoms with van der Waals surface area (Å²) in [5.74, 6) is -0.524. The first-order valence-corrected chi connectivity index (χ1v) is 14.9. The number of hydrogen-bond donors (Lipinski definition) is 2. The number of allylic oxidation sites excluding steroid dienone is 1. The van der Waals surface area contributed by atoms with Crippen LogP contribution in [0.2, 0.25) is 0 Å². The first-order valence-electron chi connectivity index (χ1n) is 11.1. The molecule has 0 spiro atoms. The van der Waals surface area contributed by atoms with Crippen LogP contribution in [0, 0.1) is 0 Å². The van der Waals surface area contributed by atoms with E-state index in [1.807, 2.05) is 4.98 Å². The minimum Gasteiger partial charge on any atom is -0.495 e. The molecule has 0 bridgehead atoms. The van der Waals surface area contributed by atoms with E-state index in [1.54, 1.807) is 18.2 Å². The second kappa shape index (κ2) is 9.81. The molecule has 0 saturated heterocycles. The predicted octanol–water partition coefficient (Wildman–Crippen LogP) is 2.19. The topological polar surface area (TPSA) is 144 Å². The van der Waals surface area contributed by atoms with Crippen LogP contribution in [0.3, 0.4) is 0 Å². The number of H-pyrrole nitrogens is 1. The molecule has 10 nitrogen and oxygen atoms in total. The molecule has 1 heterocycles. The van der Waals surface area contributed by atoms with Crippen LogP contribution in [0.5, 0.6) is 5.75 Å². The van der Waals surface area contributed by atoms with Gasteiger partial charge >= 0.3 is 11.9 Å². The van der Waals surface area contributed by atoms with E-state index in [9.17, 15) is 39.6 Å². The Hall–Kier alpha value is -3.69. The molecule has 2 N–H and O–H groups in total. The Kier molecular flexibility index (Phi) is 7.12. The Morgan fingerprint density at radius 1 is 1.00 bits per heavy atom. The average molecular weight is 586 g/mol. The maximum absolute atomic E-state index is 14.1. The number of benzene rings is 2. The van der Waals surface area contributed by atoms with Crippen molar-refractivity contribution in [3.8, 4) is 28.0 Å². The summed E-state index contributed by atoms with van der Waals surface area (Å²) in [7, 11) is -6.56. The van der Waals surface area contributed by atoms with Crippen LogP contribution in [0.25, 0.3) is 27.8 Å². The third-order valence-corrected chi connectivity index (χ3v) is 7.69. The second-order valence-electron chi connectivity index (χ2n) is 8.86. The Morgan fingerprint density at radius 2 is 1.69 bits per heavy atom. The maximum Gasteiger partial charge on any atom is 0.420 e. The average Bonchev–Trinajstić information content (AvgIpc) is 3.22. The van der Waals surface area contributed by atoms with Gasteiger partial charge in [0.1, 0.15) is 5.75 Å². The first kappa shape index (κ1) is 28.3. The lowest BCUT2D eigenvalue weighted by Crippen LogP contribution is -2.34. The zero-order valence-electron chi connectivity index (χ0n) is 20.7. The molecule has 0 fully saturated rings. The molecule has 0 radical (unpaired) electrons. The van der Waals surface area contributed by atoms with Gasteiger partial charge in [-0.25, -0.2) is 26.4 Å². The van der Waals surface area contributed by atoms with Crippen molar-refractivity contribution >= 4 is 25.6 Å². The summed E-state index contributed by atoms with van der Waals surface area (Å²) in [4.78, 5) is 26.4. The number of halogens is 3. The summed E-state index contributed by atoms with van der Waals surface area (Å²) in [5, 5.41) is 0. The number of aromatic amines is 1. The molecule has 15 heteroatoms. The highest BCUT2D eigenvalue weighted by Gasteiger charge is 2.37. The van der Waals surface area contributed by atoms with Crippen molar-refractivity contribution < 1.29 is 34.7 Å². The third kappa shape index (κ3) is 5.84. The highest BCUT2D eigenvalue weighted by atomic mass is 32.2. The minimum atomic E-state index is -4.92. The van der Waals surface area contributed by atoms with Crippen molar-refractivity contribution in [2.24, 2.45) is 0 Å². The van der Waals surface area contributed by atoms with Crippen LogP contribution in [0.1, 0.15) is 16.7 Å². The van der Waals surface area contributed by atoms with Crippen molar-refractivity contribution in [3.63, 3.8) is 0 Å². The van der Waals surface area contributed by atoms with Gasteiger partial charge in [-0.2, -0.15) is 17.1 Å². The lowest BCUT2D eigenvalue weighted by molar-refractivity contribution is -0.138. The van der Waals surface area contributed by atoms with Crippen molar-refractivity contribution in [3.05, 3.63) is 80.1 Å². The summed E-state index contributed by atoms with van der Waals surface area (Å²) in [6, 6.07) is 6.69. The zero-order chi connectivity index (χ0) is 28.9. The summed E-state index contributed by atoms with van der Waals surface area (Å²) < 4.78 is 97.1. The quantitative estimate of drug-likeness (QED) is 0.433. The molecule has 1 aliphatic rings. The Bertz CT molecular complexity index is 1860. The van der Waals surface area contributed by atoms with Gasteiger partial charge < -0.3 is 4.74 Å². The molecule has 0 saturated carbocycles. The van der Waals surface area contributed by atoms with E-state index in [2.05, 4.69) is 4.72 Å². The first-order chi connectivity index (χ1) is 18.0. The van der Waals surface area contributed by atoms with Crippen molar-refractivity contribution in [1.82, 2.24) is 13.7 Å². The van der Waals surface area contributed by atoms with Gasteiger partial charge in [0.25, 0.3) is 5.56 Å². The smallest absolute Gasteiger partial charge is 0.420 e. The normalized spacial score (nSPS) is 13.7. The number of methoxy groups -OCH3 is 1. The number of alkyl halides is 3.